The number of carbonyl (C=O) groups is 1. The lowest BCUT2D eigenvalue weighted by molar-refractivity contribution is 0.0984. The topological polar surface area (TPSA) is 58.1 Å². The van der Waals surface area contributed by atoms with Crippen molar-refractivity contribution in [1.82, 2.24) is 9.97 Å². The minimum absolute atomic E-state index is 0.132. The fourth-order valence-corrected chi connectivity index (χ4v) is 2.65. The fraction of sp³-hybridized carbons (Fsp3) is 0.227. The summed E-state index contributed by atoms with van der Waals surface area (Å²) >= 11 is 0. The van der Waals surface area contributed by atoms with Crippen molar-refractivity contribution < 1.29 is 4.79 Å². The molecule has 0 saturated heterocycles. The smallest absolute Gasteiger partial charge is 0.261 e. The Balaban J connectivity index is 1.86. The van der Waals surface area contributed by atoms with Crippen LogP contribution in [0.25, 0.3) is 0 Å². The molecule has 0 aliphatic carbocycles. The van der Waals surface area contributed by atoms with Gasteiger partial charge in [0.1, 0.15) is 0 Å². The van der Waals surface area contributed by atoms with Gasteiger partial charge < -0.3 is 10.2 Å². The Morgan fingerprint density at radius 3 is 2.04 bits per heavy atom. The number of hydrogen-bond donors (Lipinski definition) is 1. The SMILES string of the molecule is CC(C)(C)Nc1ncc(C(=O)N(Cc2ccccc2)c2ccccc2)cn1. The molecule has 27 heavy (non-hydrogen) atoms. The van der Waals surface area contributed by atoms with Gasteiger partial charge in [0.15, 0.2) is 0 Å². The van der Waals surface area contributed by atoms with Gasteiger partial charge in [-0.3, -0.25) is 4.79 Å². The van der Waals surface area contributed by atoms with Crippen LogP contribution >= 0.6 is 0 Å². The van der Waals surface area contributed by atoms with Gasteiger partial charge in [0.2, 0.25) is 5.95 Å². The number of amides is 1. The molecule has 0 unspecified atom stereocenters. The van der Waals surface area contributed by atoms with E-state index in [-0.39, 0.29) is 11.4 Å². The molecule has 0 atom stereocenters. The Kier molecular flexibility index (Phi) is 5.50. The zero-order valence-electron chi connectivity index (χ0n) is 15.9. The quantitative estimate of drug-likeness (QED) is 0.726. The largest absolute Gasteiger partial charge is 0.350 e. The molecule has 0 saturated carbocycles. The lowest BCUT2D eigenvalue weighted by atomic mass is 10.1. The van der Waals surface area contributed by atoms with Crippen LogP contribution in [0.3, 0.4) is 0 Å². The van der Waals surface area contributed by atoms with E-state index < -0.39 is 0 Å². The van der Waals surface area contributed by atoms with E-state index in [4.69, 9.17) is 0 Å². The van der Waals surface area contributed by atoms with Gasteiger partial charge in [-0.1, -0.05) is 48.5 Å². The number of para-hydroxylation sites is 1. The standard InChI is InChI=1S/C22H24N4O/c1-22(2,3)25-21-23-14-18(15-24-21)20(27)26(19-12-8-5-9-13-19)16-17-10-6-4-7-11-17/h4-15H,16H2,1-3H3,(H,23,24,25). The van der Waals surface area contributed by atoms with Crippen LogP contribution in [0.1, 0.15) is 36.7 Å². The minimum Gasteiger partial charge on any atom is -0.350 e. The van der Waals surface area contributed by atoms with Gasteiger partial charge in [0.25, 0.3) is 5.91 Å². The summed E-state index contributed by atoms with van der Waals surface area (Å²) in [5.41, 5.74) is 2.20. The first-order valence-corrected chi connectivity index (χ1v) is 8.93. The lowest BCUT2D eigenvalue weighted by Crippen LogP contribution is -2.31. The molecular formula is C22H24N4O. The number of nitrogens with one attached hydrogen (secondary N) is 1. The van der Waals surface area contributed by atoms with Crippen LogP contribution in [0.5, 0.6) is 0 Å². The molecule has 138 valence electrons. The second kappa shape index (κ2) is 7.99. The van der Waals surface area contributed by atoms with Gasteiger partial charge in [-0.15, -0.1) is 0 Å². The summed E-state index contributed by atoms with van der Waals surface area (Å²) in [4.78, 5) is 23.5. The van der Waals surface area contributed by atoms with E-state index in [1.165, 1.54) is 0 Å². The molecule has 0 bridgehead atoms. The second-order valence-corrected chi connectivity index (χ2v) is 7.38. The average Bonchev–Trinajstić information content (AvgIpc) is 2.66. The van der Waals surface area contributed by atoms with E-state index >= 15 is 0 Å². The van der Waals surface area contributed by atoms with Crippen LogP contribution in [-0.4, -0.2) is 21.4 Å². The van der Waals surface area contributed by atoms with Gasteiger partial charge >= 0.3 is 0 Å². The van der Waals surface area contributed by atoms with Crippen molar-refractivity contribution in [1.29, 1.82) is 0 Å². The number of aromatic nitrogens is 2. The zero-order valence-corrected chi connectivity index (χ0v) is 15.9. The lowest BCUT2D eigenvalue weighted by Gasteiger charge is -2.23. The molecule has 1 aromatic heterocycles. The van der Waals surface area contributed by atoms with E-state index in [1.807, 2.05) is 81.4 Å². The molecule has 2 aromatic carbocycles. The van der Waals surface area contributed by atoms with Crippen molar-refractivity contribution >= 4 is 17.5 Å². The molecule has 0 aliphatic rings. The molecular weight excluding hydrogens is 336 g/mol. The summed E-state index contributed by atoms with van der Waals surface area (Å²) in [6, 6.07) is 19.6. The van der Waals surface area contributed by atoms with Crippen molar-refractivity contribution in [3.63, 3.8) is 0 Å². The highest BCUT2D eigenvalue weighted by Gasteiger charge is 2.19. The van der Waals surface area contributed by atoms with Gasteiger partial charge in [-0.05, 0) is 38.5 Å². The van der Waals surface area contributed by atoms with Gasteiger partial charge in [0.05, 0.1) is 12.1 Å². The Hall–Kier alpha value is -3.21. The highest BCUT2D eigenvalue weighted by molar-refractivity contribution is 6.05. The highest BCUT2D eigenvalue weighted by atomic mass is 16.2. The summed E-state index contributed by atoms with van der Waals surface area (Å²) in [5.74, 6) is 0.376. The van der Waals surface area contributed by atoms with Crippen molar-refractivity contribution in [2.45, 2.75) is 32.9 Å². The molecule has 0 radical (unpaired) electrons. The monoisotopic (exact) mass is 360 g/mol. The van der Waals surface area contributed by atoms with E-state index in [0.717, 1.165) is 11.3 Å². The first-order valence-electron chi connectivity index (χ1n) is 8.93. The summed E-state index contributed by atoms with van der Waals surface area (Å²) < 4.78 is 0. The maximum Gasteiger partial charge on any atom is 0.261 e. The predicted octanol–water partition coefficient (Wildman–Crippen LogP) is 4.53. The Bertz CT molecular complexity index is 872. The highest BCUT2D eigenvalue weighted by Crippen LogP contribution is 2.20. The van der Waals surface area contributed by atoms with Crippen molar-refractivity contribution in [3.05, 3.63) is 84.2 Å². The normalized spacial score (nSPS) is 11.1. The number of benzene rings is 2. The molecule has 1 amide bonds. The molecule has 0 spiro atoms. The van der Waals surface area contributed by atoms with Gasteiger partial charge in [0, 0.05) is 23.6 Å². The Morgan fingerprint density at radius 1 is 0.926 bits per heavy atom. The average molecular weight is 360 g/mol. The van der Waals surface area contributed by atoms with Crippen LogP contribution in [0.4, 0.5) is 11.6 Å². The number of carbonyl (C=O) groups excluding carboxylic acids is 1. The van der Waals surface area contributed by atoms with Crippen LogP contribution in [0.15, 0.2) is 73.1 Å². The fourth-order valence-electron chi connectivity index (χ4n) is 2.65. The number of rotatable bonds is 5. The zero-order chi connectivity index (χ0) is 19.3. The van der Waals surface area contributed by atoms with Gasteiger partial charge in [-0.25, -0.2) is 9.97 Å². The minimum atomic E-state index is -0.144. The molecule has 0 fully saturated rings. The first-order chi connectivity index (χ1) is 12.9. The predicted molar refractivity (Wildman–Crippen MR) is 109 cm³/mol. The number of hydrogen-bond acceptors (Lipinski definition) is 4. The maximum absolute atomic E-state index is 13.2. The van der Waals surface area contributed by atoms with Crippen molar-refractivity contribution in [2.24, 2.45) is 0 Å². The van der Waals surface area contributed by atoms with Crippen molar-refractivity contribution in [3.8, 4) is 0 Å². The van der Waals surface area contributed by atoms with E-state index in [0.29, 0.717) is 18.1 Å². The number of anilines is 2. The van der Waals surface area contributed by atoms with Gasteiger partial charge in [-0.2, -0.15) is 0 Å². The maximum atomic E-state index is 13.2. The third-order valence-electron chi connectivity index (χ3n) is 3.88. The van der Waals surface area contributed by atoms with Crippen molar-refractivity contribution in [2.75, 3.05) is 10.2 Å². The molecule has 5 nitrogen and oxygen atoms in total. The third kappa shape index (κ3) is 5.14. The third-order valence-corrected chi connectivity index (χ3v) is 3.88. The first kappa shape index (κ1) is 18.6. The molecule has 3 rings (SSSR count). The molecule has 1 N–H and O–H groups in total. The molecule has 0 aliphatic heterocycles. The summed E-state index contributed by atoms with van der Waals surface area (Å²) in [6.07, 6.45) is 3.15. The number of nitrogens with zero attached hydrogens (tertiary/aromatic N) is 3. The van der Waals surface area contributed by atoms with E-state index in [9.17, 15) is 4.79 Å². The Morgan fingerprint density at radius 2 is 1.48 bits per heavy atom. The summed E-state index contributed by atoms with van der Waals surface area (Å²) in [6.45, 7) is 6.58. The van der Waals surface area contributed by atoms with Crippen LogP contribution in [0, 0.1) is 0 Å². The van der Waals surface area contributed by atoms with E-state index in [2.05, 4.69) is 15.3 Å². The summed E-state index contributed by atoms with van der Waals surface area (Å²) in [7, 11) is 0. The molecule has 5 heteroatoms. The van der Waals surface area contributed by atoms with E-state index in [1.54, 1.807) is 17.3 Å². The molecule has 3 aromatic rings. The van der Waals surface area contributed by atoms with Crippen LogP contribution in [-0.2, 0) is 6.54 Å². The molecule has 1 heterocycles. The Labute approximate surface area is 160 Å². The van der Waals surface area contributed by atoms with Crippen LogP contribution < -0.4 is 10.2 Å². The van der Waals surface area contributed by atoms with Crippen LogP contribution in [0.2, 0.25) is 0 Å². The second-order valence-electron chi connectivity index (χ2n) is 7.38. The summed E-state index contributed by atoms with van der Waals surface area (Å²) in [5, 5.41) is 3.20.